The minimum Gasteiger partial charge on any atom is -0.325 e. The second-order valence-corrected chi connectivity index (χ2v) is 6.55. The van der Waals surface area contributed by atoms with Crippen LogP contribution >= 0.6 is 0 Å². The zero-order chi connectivity index (χ0) is 17.7. The molecule has 0 saturated carbocycles. The van der Waals surface area contributed by atoms with Crippen LogP contribution in [0.4, 0.5) is 10.5 Å². The number of para-hydroxylation sites is 1. The monoisotopic (exact) mass is 339 g/mol. The van der Waals surface area contributed by atoms with E-state index in [4.69, 9.17) is 4.99 Å². The minimum atomic E-state index is -0.470. The Balaban J connectivity index is 1.70. The van der Waals surface area contributed by atoms with Gasteiger partial charge < -0.3 is 14.7 Å². The number of aryl methyl sites for hydroxylation is 1. The van der Waals surface area contributed by atoms with E-state index < -0.39 is 12.2 Å². The predicted molar refractivity (Wildman–Crippen MR) is 95.3 cm³/mol. The van der Waals surface area contributed by atoms with Crippen LogP contribution in [0.5, 0.6) is 0 Å². The van der Waals surface area contributed by atoms with Gasteiger partial charge >= 0.3 is 6.03 Å². The summed E-state index contributed by atoms with van der Waals surface area (Å²) in [6.45, 7) is 7.42. The zero-order valence-electron chi connectivity index (χ0n) is 14.4. The largest absolute Gasteiger partial charge is 0.328 e. The molecule has 1 aromatic rings. The number of imide groups is 1. The average molecular weight is 339 g/mol. The average Bonchev–Trinajstić information content (AvgIpc) is 3.16. The summed E-state index contributed by atoms with van der Waals surface area (Å²) < 4.78 is 0. The van der Waals surface area contributed by atoms with Crippen molar-refractivity contribution in [3.05, 3.63) is 42.5 Å². The van der Waals surface area contributed by atoms with E-state index in [1.165, 1.54) is 4.90 Å². The molecule has 0 N–H and O–H groups in total. The van der Waals surface area contributed by atoms with Crippen molar-refractivity contribution in [2.75, 3.05) is 31.6 Å². The van der Waals surface area contributed by atoms with Crippen molar-refractivity contribution >= 4 is 23.6 Å². The number of fused-ring (bicyclic) bond motifs is 3. The van der Waals surface area contributed by atoms with E-state index in [1.807, 2.05) is 17.0 Å². The Kier molecular flexibility index (Phi) is 3.52. The van der Waals surface area contributed by atoms with Gasteiger partial charge in [0.15, 0.2) is 12.2 Å². The molecule has 1 aromatic carbocycles. The third-order valence-corrected chi connectivity index (χ3v) is 5.10. The number of hydrogen-bond acceptors (Lipinski definition) is 5. The third-order valence-electron chi connectivity index (χ3n) is 5.10. The van der Waals surface area contributed by atoms with Gasteiger partial charge in [-0.15, -0.1) is 6.58 Å². The number of nitrogens with zero attached hydrogens (tertiary/aromatic N) is 5. The number of rotatable bonds is 3. The van der Waals surface area contributed by atoms with Crippen LogP contribution in [-0.2, 0) is 4.79 Å². The fourth-order valence-corrected chi connectivity index (χ4v) is 3.83. The number of hydrogen-bond donors (Lipinski definition) is 0. The Morgan fingerprint density at radius 3 is 2.76 bits per heavy atom. The lowest BCUT2D eigenvalue weighted by Gasteiger charge is -2.40. The molecule has 7 nitrogen and oxygen atoms in total. The van der Waals surface area contributed by atoms with E-state index >= 15 is 0 Å². The minimum absolute atomic E-state index is 0.196. The lowest BCUT2D eigenvalue weighted by molar-refractivity contribution is -0.136. The number of anilines is 1. The van der Waals surface area contributed by atoms with Gasteiger partial charge in [0.05, 0.1) is 0 Å². The molecule has 4 rings (SSSR count). The highest BCUT2D eigenvalue weighted by atomic mass is 16.2. The predicted octanol–water partition coefficient (Wildman–Crippen LogP) is 1.26. The highest BCUT2D eigenvalue weighted by molar-refractivity contribution is 6.08. The second-order valence-electron chi connectivity index (χ2n) is 6.55. The maximum atomic E-state index is 12.9. The van der Waals surface area contributed by atoms with Crippen LogP contribution in [0.1, 0.15) is 5.56 Å². The summed E-state index contributed by atoms with van der Waals surface area (Å²) >= 11 is 0. The van der Waals surface area contributed by atoms with Crippen LogP contribution in [0, 0.1) is 6.92 Å². The lowest BCUT2D eigenvalue weighted by atomic mass is 10.1. The maximum Gasteiger partial charge on any atom is 0.328 e. The molecule has 0 aromatic heterocycles. The number of carbonyl (C=O) groups is 2. The standard InChI is InChI=1S/C18H21N5O2/c1-4-9-23-16(24)14-15(20(3)18(23)25)19-17-21(10-11-22(14)17)13-8-6-5-7-12(13)2/h4-8,14-15H,1,9-11H2,2-3H3. The molecule has 3 aliphatic rings. The van der Waals surface area contributed by atoms with Crippen LogP contribution in [0.15, 0.2) is 41.9 Å². The Hall–Kier alpha value is -2.83. The van der Waals surface area contributed by atoms with Crippen LogP contribution in [0.3, 0.4) is 0 Å². The number of amides is 3. The molecule has 0 spiro atoms. The van der Waals surface area contributed by atoms with Gasteiger partial charge in [0.1, 0.15) is 0 Å². The first-order valence-electron chi connectivity index (χ1n) is 8.41. The summed E-state index contributed by atoms with van der Waals surface area (Å²) in [6.07, 6.45) is 1.10. The van der Waals surface area contributed by atoms with Gasteiger partial charge in [0.2, 0.25) is 5.96 Å². The Morgan fingerprint density at radius 2 is 2.04 bits per heavy atom. The van der Waals surface area contributed by atoms with Crippen molar-refractivity contribution in [1.82, 2.24) is 14.7 Å². The summed E-state index contributed by atoms with van der Waals surface area (Å²) in [7, 11) is 1.70. The van der Waals surface area contributed by atoms with Crippen LogP contribution < -0.4 is 4.90 Å². The molecule has 3 amide bonds. The van der Waals surface area contributed by atoms with Gasteiger partial charge in [-0.2, -0.15) is 0 Å². The third kappa shape index (κ3) is 2.15. The molecular weight excluding hydrogens is 318 g/mol. The first-order chi connectivity index (χ1) is 12.0. The van der Waals surface area contributed by atoms with Crippen molar-refractivity contribution in [2.24, 2.45) is 4.99 Å². The van der Waals surface area contributed by atoms with E-state index in [2.05, 4.69) is 30.5 Å². The van der Waals surface area contributed by atoms with Gasteiger partial charge in [-0.05, 0) is 18.6 Å². The second kappa shape index (κ2) is 5.61. The van der Waals surface area contributed by atoms with Crippen LogP contribution in [-0.4, -0.2) is 71.5 Å². The fourth-order valence-electron chi connectivity index (χ4n) is 3.83. The van der Waals surface area contributed by atoms with E-state index in [-0.39, 0.29) is 18.5 Å². The number of carbonyl (C=O) groups excluding carboxylic acids is 2. The van der Waals surface area contributed by atoms with Crippen molar-refractivity contribution in [2.45, 2.75) is 19.1 Å². The molecule has 0 radical (unpaired) electrons. The Bertz CT molecular complexity index is 789. The van der Waals surface area contributed by atoms with Crippen molar-refractivity contribution in [1.29, 1.82) is 0 Å². The summed E-state index contributed by atoms with van der Waals surface area (Å²) in [6, 6.07) is 7.36. The Labute approximate surface area is 146 Å². The normalized spacial score (nSPS) is 25.3. The van der Waals surface area contributed by atoms with Crippen molar-refractivity contribution in [3.8, 4) is 0 Å². The molecular formula is C18H21N5O2. The molecule has 2 fully saturated rings. The quantitative estimate of drug-likeness (QED) is 0.778. The summed E-state index contributed by atoms with van der Waals surface area (Å²) in [5.74, 6) is 0.580. The zero-order valence-corrected chi connectivity index (χ0v) is 14.4. The molecule has 2 saturated heterocycles. The highest BCUT2D eigenvalue weighted by Gasteiger charge is 2.54. The van der Waals surface area contributed by atoms with Gasteiger partial charge in [-0.1, -0.05) is 24.3 Å². The van der Waals surface area contributed by atoms with Crippen LogP contribution in [0.2, 0.25) is 0 Å². The first-order valence-corrected chi connectivity index (χ1v) is 8.41. The van der Waals surface area contributed by atoms with Gasteiger partial charge in [-0.25, -0.2) is 9.79 Å². The highest BCUT2D eigenvalue weighted by Crippen LogP contribution is 2.34. The van der Waals surface area contributed by atoms with E-state index in [9.17, 15) is 9.59 Å². The van der Waals surface area contributed by atoms with E-state index in [0.717, 1.165) is 23.8 Å². The molecule has 2 atom stereocenters. The number of benzene rings is 1. The number of urea groups is 1. The van der Waals surface area contributed by atoms with Gasteiger partial charge in [-0.3, -0.25) is 9.69 Å². The summed E-state index contributed by atoms with van der Waals surface area (Å²) in [5, 5.41) is 0. The SMILES string of the molecule is C=CCN1C(=O)C2C(N=C3N(c4ccccc4C)CCN32)N(C)C1=O. The lowest BCUT2D eigenvalue weighted by Crippen LogP contribution is -2.64. The molecule has 7 heteroatoms. The molecule has 3 heterocycles. The number of guanidine groups is 1. The molecule has 3 aliphatic heterocycles. The number of aliphatic imine (C=N–C) groups is 1. The molecule has 0 aliphatic carbocycles. The molecule has 25 heavy (non-hydrogen) atoms. The van der Waals surface area contributed by atoms with Crippen molar-refractivity contribution < 1.29 is 9.59 Å². The first kappa shape index (κ1) is 15.7. The van der Waals surface area contributed by atoms with Gasteiger partial charge in [0.25, 0.3) is 5.91 Å². The van der Waals surface area contributed by atoms with E-state index in [0.29, 0.717) is 6.54 Å². The van der Waals surface area contributed by atoms with Gasteiger partial charge in [0, 0.05) is 32.4 Å². The maximum absolute atomic E-state index is 12.9. The number of likely N-dealkylation sites (N-methyl/N-ethyl adjacent to an activating group) is 1. The Morgan fingerprint density at radius 1 is 1.28 bits per heavy atom. The molecule has 2 unspecified atom stereocenters. The fraction of sp³-hybridized carbons (Fsp3) is 0.389. The van der Waals surface area contributed by atoms with Crippen molar-refractivity contribution in [3.63, 3.8) is 0 Å². The molecule has 0 bridgehead atoms. The summed E-state index contributed by atoms with van der Waals surface area (Å²) in [5.41, 5.74) is 2.25. The molecule has 130 valence electrons. The smallest absolute Gasteiger partial charge is 0.325 e. The van der Waals surface area contributed by atoms with E-state index in [1.54, 1.807) is 18.0 Å². The summed E-state index contributed by atoms with van der Waals surface area (Å²) in [4.78, 5) is 37.1. The van der Waals surface area contributed by atoms with Crippen LogP contribution in [0.25, 0.3) is 0 Å². The topological polar surface area (TPSA) is 59.5 Å².